The van der Waals surface area contributed by atoms with Crippen molar-refractivity contribution in [2.45, 2.75) is 109 Å². The van der Waals surface area contributed by atoms with Crippen LogP contribution in [0.1, 0.15) is 84.0 Å². The standard InChI is InChI=1S/C32H46O15/c1-4-7-14-29(39)47-32-31(46-28(38)17-10-13-20-42-25(35)6-3)30(45-27(37)16-8-11-18-40-22-33)23(21-43-32)44-26(36)15-9-12-19-41-24(34)5-2/h5-6,22-23,30-32H,2-4,7-21H2,1H3/t23-,30+,31-,32?/m1/s1. The van der Waals surface area contributed by atoms with E-state index in [1.54, 1.807) is 0 Å². The molecule has 0 aromatic rings. The number of rotatable bonds is 25. The molecule has 0 spiro atoms. The Hall–Kier alpha value is -4.27. The molecular formula is C32H46O15. The lowest BCUT2D eigenvalue weighted by atomic mass is 10.0. The average molecular weight is 671 g/mol. The molecule has 15 heteroatoms. The number of ether oxygens (including phenoxy) is 8. The molecule has 1 saturated heterocycles. The van der Waals surface area contributed by atoms with Crippen LogP contribution >= 0.6 is 0 Å². The van der Waals surface area contributed by atoms with Crippen LogP contribution in [0.2, 0.25) is 0 Å². The quantitative estimate of drug-likeness (QED) is 0.0452. The fraction of sp³-hybridized carbons (Fsp3) is 0.656. The van der Waals surface area contributed by atoms with Crippen LogP contribution in [0.5, 0.6) is 0 Å². The minimum Gasteiger partial charge on any atom is -0.468 e. The van der Waals surface area contributed by atoms with Crippen LogP contribution in [0.4, 0.5) is 0 Å². The number of unbranched alkanes of at least 4 members (excludes halogenated alkanes) is 4. The van der Waals surface area contributed by atoms with Gasteiger partial charge in [0.05, 0.1) is 26.4 Å². The van der Waals surface area contributed by atoms with Crippen LogP contribution in [0.15, 0.2) is 25.3 Å². The highest BCUT2D eigenvalue weighted by atomic mass is 16.7. The predicted octanol–water partition coefficient (Wildman–Crippen LogP) is 2.95. The molecule has 264 valence electrons. The fourth-order valence-electron chi connectivity index (χ4n) is 4.08. The van der Waals surface area contributed by atoms with Gasteiger partial charge in [0.2, 0.25) is 12.4 Å². The van der Waals surface area contributed by atoms with Gasteiger partial charge >= 0.3 is 35.8 Å². The largest absolute Gasteiger partial charge is 0.468 e. The lowest BCUT2D eigenvalue weighted by Gasteiger charge is -2.40. The van der Waals surface area contributed by atoms with Crippen molar-refractivity contribution in [1.29, 1.82) is 0 Å². The average Bonchev–Trinajstić information content (AvgIpc) is 3.05. The van der Waals surface area contributed by atoms with E-state index >= 15 is 0 Å². The van der Waals surface area contributed by atoms with Crippen molar-refractivity contribution in [3.05, 3.63) is 25.3 Å². The molecule has 0 amide bonds. The summed E-state index contributed by atoms with van der Waals surface area (Å²) in [4.78, 5) is 83.8. The maximum atomic E-state index is 12.9. The number of hydrogen-bond acceptors (Lipinski definition) is 15. The number of esters is 6. The van der Waals surface area contributed by atoms with E-state index in [4.69, 9.17) is 33.2 Å². The van der Waals surface area contributed by atoms with Gasteiger partial charge in [-0.2, -0.15) is 0 Å². The first kappa shape index (κ1) is 40.8. The van der Waals surface area contributed by atoms with Crippen molar-refractivity contribution in [1.82, 2.24) is 0 Å². The Bertz CT molecular complexity index is 1040. The van der Waals surface area contributed by atoms with Gasteiger partial charge in [-0.1, -0.05) is 26.5 Å². The van der Waals surface area contributed by atoms with Gasteiger partial charge in [0.25, 0.3) is 6.47 Å². The van der Waals surface area contributed by atoms with Crippen molar-refractivity contribution in [3.63, 3.8) is 0 Å². The third-order valence-corrected chi connectivity index (χ3v) is 6.52. The minimum absolute atomic E-state index is 0.0508. The Morgan fingerprint density at radius 2 is 1.11 bits per heavy atom. The zero-order valence-electron chi connectivity index (χ0n) is 26.9. The SMILES string of the molecule is C=CC(=O)OCCCCC(=O)O[C@@H]1COC(OC(=O)CCCC)[C@H](OC(=O)CCCCOC(=O)C=C)[C@H]1OC(=O)CCCCOC=O. The molecule has 0 bridgehead atoms. The molecule has 1 aliphatic heterocycles. The van der Waals surface area contributed by atoms with Crippen molar-refractivity contribution in [3.8, 4) is 0 Å². The Kier molecular flexibility index (Phi) is 21.6. The van der Waals surface area contributed by atoms with Gasteiger partial charge < -0.3 is 37.9 Å². The lowest BCUT2D eigenvalue weighted by molar-refractivity contribution is -0.275. The normalized spacial score (nSPS) is 18.5. The summed E-state index contributed by atoms with van der Waals surface area (Å²) in [6, 6.07) is 0. The van der Waals surface area contributed by atoms with Crippen LogP contribution in [0.25, 0.3) is 0 Å². The first-order valence-electron chi connectivity index (χ1n) is 15.7. The van der Waals surface area contributed by atoms with Crippen molar-refractivity contribution in [2.24, 2.45) is 0 Å². The summed E-state index contributed by atoms with van der Waals surface area (Å²) in [6.07, 6.45) is -0.581. The Morgan fingerprint density at radius 3 is 1.62 bits per heavy atom. The topological polar surface area (TPSA) is 193 Å². The van der Waals surface area contributed by atoms with Crippen molar-refractivity contribution < 1.29 is 71.5 Å². The first-order chi connectivity index (χ1) is 22.6. The van der Waals surface area contributed by atoms with E-state index < -0.39 is 60.4 Å². The fourth-order valence-corrected chi connectivity index (χ4v) is 4.08. The summed E-state index contributed by atoms with van der Waals surface area (Å²) >= 11 is 0. The first-order valence-corrected chi connectivity index (χ1v) is 15.7. The molecule has 0 N–H and O–H groups in total. The van der Waals surface area contributed by atoms with Crippen molar-refractivity contribution >= 4 is 42.3 Å². The lowest BCUT2D eigenvalue weighted by Crippen LogP contribution is -2.58. The molecule has 15 nitrogen and oxygen atoms in total. The van der Waals surface area contributed by atoms with E-state index in [0.717, 1.165) is 12.2 Å². The molecule has 0 aromatic heterocycles. The highest BCUT2D eigenvalue weighted by Crippen LogP contribution is 2.27. The van der Waals surface area contributed by atoms with Gasteiger partial charge in [0.1, 0.15) is 0 Å². The van der Waals surface area contributed by atoms with E-state index in [1.807, 2.05) is 6.92 Å². The molecule has 1 unspecified atom stereocenters. The summed E-state index contributed by atoms with van der Waals surface area (Å²) < 4.78 is 42.4. The summed E-state index contributed by atoms with van der Waals surface area (Å²) in [5, 5.41) is 0. The Balaban J connectivity index is 3.06. The van der Waals surface area contributed by atoms with E-state index in [2.05, 4.69) is 17.9 Å². The molecule has 0 radical (unpaired) electrons. The van der Waals surface area contributed by atoms with Crippen LogP contribution in [-0.4, -0.2) is 93.3 Å². The van der Waals surface area contributed by atoms with Gasteiger partial charge in [0, 0.05) is 37.8 Å². The molecule has 0 aromatic carbocycles. The third-order valence-electron chi connectivity index (χ3n) is 6.52. The summed E-state index contributed by atoms with van der Waals surface area (Å²) in [5.41, 5.74) is 0. The van der Waals surface area contributed by atoms with Crippen LogP contribution < -0.4 is 0 Å². The molecule has 0 saturated carbocycles. The molecule has 1 rings (SSSR count). The smallest absolute Gasteiger partial charge is 0.330 e. The molecule has 1 fully saturated rings. The number of carbonyl (C=O) groups excluding carboxylic acids is 7. The Labute approximate surface area is 274 Å². The van der Waals surface area contributed by atoms with Crippen LogP contribution in [0.3, 0.4) is 0 Å². The van der Waals surface area contributed by atoms with Crippen molar-refractivity contribution in [2.75, 3.05) is 26.4 Å². The van der Waals surface area contributed by atoms with Crippen LogP contribution in [0, 0.1) is 0 Å². The monoisotopic (exact) mass is 670 g/mol. The maximum absolute atomic E-state index is 12.9. The van der Waals surface area contributed by atoms with Gasteiger partial charge in [0.15, 0.2) is 12.2 Å². The third kappa shape index (κ3) is 18.5. The highest BCUT2D eigenvalue weighted by Gasteiger charge is 2.49. The molecule has 4 atom stereocenters. The molecule has 1 heterocycles. The predicted molar refractivity (Wildman–Crippen MR) is 161 cm³/mol. The summed E-state index contributed by atoms with van der Waals surface area (Å²) in [6.45, 7) is 8.67. The summed E-state index contributed by atoms with van der Waals surface area (Å²) in [7, 11) is 0. The van der Waals surface area contributed by atoms with Gasteiger partial charge in [-0.3, -0.25) is 24.0 Å². The molecular weight excluding hydrogens is 624 g/mol. The zero-order valence-corrected chi connectivity index (χ0v) is 26.9. The number of carbonyl (C=O) groups is 7. The van der Waals surface area contributed by atoms with Crippen LogP contribution in [-0.2, 0) is 71.5 Å². The van der Waals surface area contributed by atoms with E-state index in [9.17, 15) is 33.6 Å². The zero-order chi connectivity index (χ0) is 34.9. The molecule has 0 aliphatic carbocycles. The second-order valence-corrected chi connectivity index (χ2v) is 10.3. The van der Waals surface area contributed by atoms with Gasteiger partial charge in [-0.25, -0.2) is 9.59 Å². The highest BCUT2D eigenvalue weighted by molar-refractivity contribution is 5.81. The number of hydrogen-bond donors (Lipinski definition) is 0. The van der Waals surface area contributed by atoms with E-state index in [-0.39, 0.29) is 58.5 Å². The summed E-state index contributed by atoms with van der Waals surface area (Å²) in [5.74, 6) is -3.98. The maximum Gasteiger partial charge on any atom is 0.330 e. The second-order valence-electron chi connectivity index (χ2n) is 10.3. The molecule has 47 heavy (non-hydrogen) atoms. The van der Waals surface area contributed by atoms with Gasteiger partial charge in [-0.05, 0) is 44.9 Å². The van der Waals surface area contributed by atoms with Gasteiger partial charge in [-0.15, -0.1) is 0 Å². The minimum atomic E-state index is -1.49. The second kappa shape index (κ2) is 24.9. The molecule has 1 aliphatic rings. The van der Waals surface area contributed by atoms with E-state index in [0.29, 0.717) is 51.4 Å². The van der Waals surface area contributed by atoms with E-state index in [1.165, 1.54) is 0 Å². The Morgan fingerprint density at radius 1 is 0.638 bits per heavy atom.